The normalized spacial score (nSPS) is 22.5. The maximum absolute atomic E-state index is 2.62. The molecule has 1 heterocycles. The molecule has 1 fully saturated rings. The van der Waals surface area contributed by atoms with E-state index in [9.17, 15) is 0 Å². The Balaban J connectivity index is 2.19. The molecule has 0 aliphatic carbocycles. The van der Waals surface area contributed by atoms with Crippen molar-refractivity contribution < 1.29 is 0 Å². The van der Waals surface area contributed by atoms with Gasteiger partial charge in [0.15, 0.2) is 0 Å². The summed E-state index contributed by atoms with van der Waals surface area (Å²) in [6.45, 7) is 8.01. The van der Waals surface area contributed by atoms with Gasteiger partial charge in [-0.2, -0.15) is 0 Å². The van der Waals surface area contributed by atoms with Crippen LogP contribution in [0.5, 0.6) is 0 Å². The van der Waals surface area contributed by atoms with Crippen LogP contribution in [0.4, 0.5) is 0 Å². The summed E-state index contributed by atoms with van der Waals surface area (Å²) in [5.74, 6) is 0. The van der Waals surface area contributed by atoms with Crippen molar-refractivity contribution in [3.05, 3.63) is 35.4 Å². The van der Waals surface area contributed by atoms with Crippen LogP contribution in [0.25, 0.3) is 0 Å². The second-order valence-electron chi connectivity index (χ2n) is 4.90. The highest BCUT2D eigenvalue weighted by atomic mass is 15.2. The van der Waals surface area contributed by atoms with Gasteiger partial charge in [0.05, 0.1) is 0 Å². The zero-order valence-corrected chi connectivity index (χ0v) is 10.0. The Hall–Kier alpha value is -0.820. The summed E-state index contributed by atoms with van der Waals surface area (Å²) in [5, 5.41) is 0. The van der Waals surface area contributed by atoms with E-state index < -0.39 is 0 Å². The van der Waals surface area contributed by atoms with E-state index >= 15 is 0 Å². The summed E-state index contributed by atoms with van der Waals surface area (Å²) in [4.78, 5) is 2.62. The Morgan fingerprint density at radius 3 is 2.47 bits per heavy atom. The fourth-order valence-corrected chi connectivity index (χ4v) is 2.55. The molecule has 0 saturated carbocycles. The van der Waals surface area contributed by atoms with Crippen LogP contribution in [-0.4, -0.2) is 17.5 Å². The smallest absolute Gasteiger partial charge is 0.0351 e. The van der Waals surface area contributed by atoms with Crippen LogP contribution in [0.15, 0.2) is 24.3 Å². The van der Waals surface area contributed by atoms with Gasteiger partial charge in [-0.15, -0.1) is 0 Å². The molecule has 0 spiro atoms. The van der Waals surface area contributed by atoms with Crippen molar-refractivity contribution in [1.82, 2.24) is 4.90 Å². The Morgan fingerprint density at radius 1 is 1.20 bits per heavy atom. The van der Waals surface area contributed by atoms with Crippen molar-refractivity contribution in [2.24, 2.45) is 0 Å². The van der Waals surface area contributed by atoms with Gasteiger partial charge in [0.25, 0.3) is 0 Å². The van der Waals surface area contributed by atoms with Gasteiger partial charge in [-0.1, -0.05) is 29.8 Å². The molecule has 0 N–H and O–H groups in total. The van der Waals surface area contributed by atoms with Gasteiger partial charge in [-0.3, -0.25) is 4.90 Å². The fraction of sp³-hybridized carbons (Fsp3) is 0.571. The van der Waals surface area contributed by atoms with Gasteiger partial charge in [-0.05, 0) is 45.7 Å². The monoisotopic (exact) mass is 203 g/mol. The third-order valence-corrected chi connectivity index (χ3v) is 3.42. The van der Waals surface area contributed by atoms with E-state index in [4.69, 9.17) is 0 Å². The highest BCUT2D eigenvalue weighted by Crippen LogP contribution is 2.33. The number of aryl methyl sites for hydroxylation is 1. The molecule has 1 aromatic carbocycles. The van der Waals surface area contributed by atoms with Gasteiger partial charge >= 0.3 is 0 Å². The van der Waals surface area contributed by atoms with Crippen molar-refractivity contribution in [2.75, 3.05) is 6.54 Å². The molecule has 15 heavy (non-hydrogen) atoms. The number of likely N-dealkylation sites (tertiary alicyclic amines) is 1. The maximum atomic E-state index is 2.62. The number of benzene rings is 1. The zero-order valence-electron chi connectivity index (χ0n) is 10.0. The van der Waals surface area contributed by atoms with Gasteiger partial charge in [0.1, 0.15) is 0 Å². The summed E-state index contributed by atoms with van der Waals surface area (Å²) >= 11 is 0. The molecule has 1 nitrogen and oxygen atoms in total. The molecule has 0 bridgehead atoms. The predicted molar refractivity (Wildman–Crippen MR) is 65.0 cm³/mol. The Morgan fingerprint density at radius 2 is 1.87 bits per heavy atom. The lowest BCUT2D eigenvalue weighted by molar-refractivity contribution is 0.205. The van der Waals surface area contributed by atoms with Crippen molar-refractivity contribution in [3.63, 3.8) is 0 Å². The highest BCUT2D eigenvalue weighted by Gasteiger charge is 2.27. The SMILES string of the molecule is Cc1ccc(C2CCCN2C(C)C)cc1. The van der Waals surface area contributed by atoms with E-state index in [1.807, 2.05) is 0 Å². The fourth-order valence-electron chi connectivity index (χ4n) is 2.55. The average molecular weight is 203 g/mol. The quantitative estimate of drug-likeness (QED) is 0.710. The molecule has 1 aliphatic rings. The molecule has 2 rings (SSSR count). The van der Waals surface area contributed by atoms with E-state index in [2.05, 4.69) is 49.9 Å². The summed E-state index contributed by atoms with van der Waals surface area (Å²) in [7, 11) is 0. The average Bonchev–Trinajstić information content (AvgIpc) is 2.67. The minimum atomic E-state index is 0.658. The Labute approximate surface area is 93.1 Å². The summed E-state index contributed by atoms with van der Waals surface area (Å²) < 4.78 is 0. The molecule has 0 aromatic heterocycles. The zero-order chi connectivity index (χ0) is 10.8. The lowest BCUT2D eigenvalue weighted by Gasteiger charge is -2.28. The molecule has 1 saturated heterocycles. The minimum absolute atomic E-state index is 0.658. The standard InChI is InChI=1S/C14H21N/c1-11(2)15-10-4-5-14(15)13-8-6-12(3)7-9-13/h6-9,11,14H,4-5,10H2,1-3H3. The van der Waals surface area contributed by atoms with Crippen LogP contribution in [-0.2, 0) is 0 Å². The summed E-state index contributed by atoms with van der Waals surface area (Å²) in [6, 6.07) is 10.4. The predicted octanol–water partition coefficient (Wildman–Crippen LogP) is 3.54. The van der Waals surface area contributed by atoms with Crippen LogP contribution >= 0.6 is 0 Å². The third kappa shape index (κ3) is 2.23. The highest BCUT2D eigenvalue weighted by molar-refractivity contribution is 5.24. The number of rotatable bonds is 2. The van der Waals surface area contributed by atoms with Gasteiger partial charge in [0.2, 0.25) is 0 Å². The number of nitrogens with zero attached hydrogens (tertiary/aromatic N) is 1. The lowest BCUT2D eigenvalue weighted by atomic mass is 10.0. The second-order valence-corrected chi connectivity index (χ2v) is 4.90. The van der Waals surface area contributed by atoms with Gasteiger partial charge in [-0.25, -0.2) is 0 Å². The lowest BCUT2D eigenvalue weighted by Crippen LogP contribution is -2.30. The second kappa shape index (κ2) is 4.36. The van der Waals surface area contributed by atoms with Crippen molar-refractivity contribution in [2.45, 2.75) is 45.7 Å². The number of hydrogen-bond donors (Lipinski definition) is 0. The van der Waals surface area contributed by atoms with Crippen LogP contribution in [0, 0.1) is 6.92 Å². The molecule has 1 heteroatoms. The maximum Gasteiger partial charge on any atom is 0.0351 e. The molecule has 0 amide bonds. The van der Waals surface area contributed by atoms with Crippen molar-refractivity contribution >= 4 is 0 Å². The van der Waals surface area contributed by atoms with Crippen LogP contribution in [0.3, 0.4) is 0 Å². The number of hydrogen-bond acceptors (Lipinski definition) is 1. The van der Waals surface area contributed by atoms with Crippen LogP contribution < -0.4 is 0 Å². The topological polar surface area (TPSA) is 3.24 Å². The molecule has 1 aromatic rings. The summed E-state index contributed by atoms with van der Waals surface area (Å²) in [6.07, 6.45) is 2.66. The molecular weight excluding hydrogens is 182 g/mol. The first-order valence-electron chi connectivity index (χ1n) is 6.01. The minimum Gasteiger partial charge on any atom is -0.294 e. The van der Waals surface area contributed by atoms with E-state index in [-0.39, 0.29) is 0 Å². The molecular formula is C14H21N. The van der Waals surface area contributed by atoms with Crippen LogP contribution in [0.2, 0.25) is 0 Å². The van der Waals surface area contributed by atoms with Crippen LogP contribution in [0.1, 0.15) is 43.9 Å². The Bertz CT molecular complexity index is 313. The van der Waals surface area contributed by atoms with Gasteiger partial charge < -0.3 is 0 Å². The molecule has 1 atom stereocenters. The molecule has 1 aliphatic heterocycles. The third-order valence-electron chi connectivity index (χ3n) is 3.42. The van der Waals surface area contributed by atoms with E-state index in [0.29, 0.717) is 12.1 Å². The van der Waals surface area contributed by atoms with E-state index in [0.717, 1.165) is 0 Å². The van der Waals surface area contributed by atoms with Crippen molar-refractivity contribution in [3.8, 4) is 0 Å². The molecule has 0 radical (unpaired) electrons. The summed E-state index contributed by atoms with van der Waals surface area (Å²) in [5.41, 5.74) is 2.85. The first-order chi connectivity index (χ1) is 7.18. The molecule has 1 unspecified atom stereocenters. The largest absolute Gasteiger partial charge is 0.294 e. The first-order valence-corrected chi connectivity index (χ1v) is 6.01. The van der Waals surface area contributed by atoms with E-state index in [1.165, 1.54) is 30.5 Å². The molecule has 82 valence electrons. The van der Waals surface area contributed by atoms with E-state index in [1.54, 1.807) is 0 Å². The van der Waals surface area contributed by atoms with Gasteiger partial charge in [0, 0.05) is 12.1 Å². The van der Waals surface area contributed by atoms with Crippen molar-refractivity contribution in [1.29, 1.82) is 0 Å². The first kappa shape index (κ1) is 10.7. The Kier molecular flexibility index (Phi) is 3.11.